The van der Waals surface area contributed by atoms with Gasteiger partial charge in [-0.1, -0.05) is 19.1 Å². The van der Waals surface area contributed by atoms with E-state index in [1.165, 1.54) is 11.8 Å². The van der Waals surface area contributed by atoms with E-state index in [4.69, 9.17) is 19.7 Å². The van der Waals surface area contributed by atoms with Crippen molar-refractivity contribution < 1.29 is 9.53 Å². The monoisotopic (exact) mass is 468 g/mol. The molecule has 1 aromatic carbocycles. The van der Waals surface area contributed by atoms with E-state index in [2.05, 4.69) is 21.3 Å². The number of para-hydroxylation sites is 1. The van der Waals surface area contributed by atoms with E-state index in [-0.39, 0.29) is 0 Å². The highest BCUT2D eigenvalue weighted by Crippen LogP contribution is 2.35. The fourth-order valence-corrected chi connectivity index (χ4v) is 5.79. The molecule has 1 aliphatic heterocycles. The van der Waals surface area contributed by atoms with Crippen molar-refractivity contribution in [1.29, 1.82) is 0 Å². The van der Waals surface area contributed by atoms with Crippen LogP contribution in [-0.2, 0) is 11.2 Å². The van der Waals surface area contributed by atoms with Crippen LogP contribution in [0, 0.1) is 0 Å². The summed E-state index contributed by atoms with van der Waals surface area (Å²) in [6.07, 6.45) is 1.62. The van der Waals surface area contributed by atoms with Gasteiger partial charge in [-0.15, -0.1) is 11.3 Å². The van der Waals surface area contributed by atoms with E-state index in [1.807, 2.05) is 25.1 Å². The zero-order chi connectivity index (χ0) is 21.9. The van der Waals surface area contributed by atoms with Crippen molar-refractivity contribution in [3.8, 4) is 0 Å². The van der Waals surface area contributed by atoms with E-state index in [1.54, 1.807) is 11.3 Å². The fourth-order valence-electron chi connectivity index (χ4n) is 3.86. The van der Waals surface area contributed by atoms with Crippen molar-refractivity contribution in [2.24, 2.45) is 0 Å². The van der Waals surface area contributed by atoms with Crippen LogP contribution in [0.25, 0.3) is 21.3 Å². The van der Waals surface area contributed by atoms with Gasteiger partial charge in [-0.2, -0.15) is 0 Å². The minimum absolute atomic E-state index is 0.604. The van der Waals surface area contributed by atoms with E-state index < -0.39 is 0 Å². The smallest absolute Gasteiger partial charge is 0.198 e. The summed E-state index contributed by atoms with van der Waals surface area (Å²) in [6.45, 7) is 7.04. The third kappa shape index (κ3) is 4.36. The average Bonchev–Trinajstić information content (AvgIpc) is 3.39. The van der Waals surface area contributed by atoms with E-state index in [0.29, 0.717) is 22.2 Å². The van der Waals surface area contributed by atoms with E-state index in [9.17, 15) is 4.79 Å². The van der Waals surface area contributed by atoms with Gasteiger partial charge in [0.25, 0.3) is 0 Å². The SMILES string of the molecule is CCc1[nH]c2nc(Sc3nc4ccccc4s3)nc(NCCN3CCOCC3)c2c1C=O. The van der Waals surface area contributed by atoms with Crippen LogP contribution < -0.4 is 5.32 Å². The summed E-state index contributed by atoms with van der Waals surface area (Å²) in [6, 6.07) is 8.07. The topological polar surface area (TPSA) is 96.0 Å². The number of benzene rings is 1. The number of hydrogen-bond donors (Lipinski definition) is 2. The van der Waals surface area contributed by atoms with Gasteiger partial charge in [0, 0.05) is 37.4 Å². The molecule has 1 fully saturated rings. The Morgan fingerprint density at radius 3 is 2.88 bits per heavy atom. The highest BCUT2D eigenvalue weighted by atomic mass is 32.2. The second-order valence-corrected chi connectivity index (χ2v) is 9.74. The zero-order valence-electron chi connectivity index (χ0n) is 17.8. The summed E-state index contributed by atoms with van der Waals surface area (Å²) >= 11 is 3.07. The van der Waals surface area contributed by atoms with Gasteiger partial charge in [0.15, 0.2) is 15.8 Å². The van der Waals surface area contributed by atoms with Gasteiger partial charge >= 0.3 is 0 Å². The lowest BCUT2D eigenvalue weighted by Gasteiger charge is -2.26. The first-order chi connectivity index (χ1) is 15.7. The predicted octanol–water partition coefficient (Wildman–Crippen LogP) is 3.84. The Balaban J connectivity index is 1.45. The molecule has 8 nitrogen and oxygen atoms in total. The van der Waals surface area contributed by atoms with Crippen LogP contribution in [0.3, 0.4) is 0 Å². The molecule has 0 radical (unpaired) electrons. The van der Waals surface area contributed by atoms with Gasteiger partial charge in [0.05, 0.1) is 28.8 Å². The third-order valence-corrected chi connectivity index (χ3v) is 7.46. The highest BCUT2D eigenvalue weighted by molar-refractivity contribution is 8.01. The normalized spacial score (nSPS) is 14.9. The zero-order valence-corrected chi connectivity index (χ0v) is 19.4. The minimum Gasteiger partial charge on any atom is -0.379 e. The molecule has 0 bridgehead atoms. The Bertz CT molecular complexity index is 1220. The standard InChI is InChI=1S/C22H24N6O2S2/c1-2-15-14(13-29)18-19(23-7-8-28-9-11-30-12-10-28)26-21(27-20(18)24-15)32-22-25-16-5-3-4-6-17(16)31-22/h3-6,13H,2,7-12H2,1H3,(H2,23,24,26,27). The molecular weight excluding hydrogens is 444 g/mol. The van der Waals surface area contributed by atoms with Gasteiger partial charge in [-0.3, -0.25) is 9.69 Å². The summed E-state index contributed by atoms with van der Waals surface area (Å²) < 4.78 is 7.45. The summed E-state index contributed by atoms with van der Waals surface area (Å²) in [5.41, 5.74) is 3.16. The molecule has 0 unspecified atom stereocenters. The Hall–Kier alpha value is -2.53. The number of nitrogens with zero attached hydrogens (tertiary/aromatic N) is 4. The lowest BCUT2D eigenvalue weighted by molar-refractivity contribution is 0.0398. The Kier molecular flexibility index (Phi) is 6.35. The van der Waals surface area contributed by atoms with Crippen LogP contribution in [0.5, 0.6) is 0 Å². The number of thiazole rings is 1. The van der Waals surface area contributed by atoms with Crippen LogP contribution in [0.1, 0.15) is 23.0 Å². The number of rotatable bonds is 8. The average molecular weight is 469 g/mol. The molecule has 0 atom stereocenters. The number of aromatic amines is 1. The summed E-state index contributed by atoms with van der Waals surface area (Å²) in [5, 5.41) is 4.82. The van der Waals surface area contributed by atoms with Crippen molar-refractivity contribution in [1.82, 2.24) is 24.8 Å². The molecule has 1 saturated heterocycles. The summed E-state index contributed by atoms with van der Waals surface area (Å²) in [4.78, 5) is 31.7. The molecule has 0 saturated carbocycles. The van der Waals surface area contributed by atoms with Crippen molar-refractivity contribution in [2.45, 2.75) is 22.8 Å². The lowest BCUT2D eigenvalue weighted by Crippen LogP contribution is -2.39. The number of nitrogens with one attached hydrogen (secondary N) is 2. The molecule has 10 heteroatoms. The van der Waals surface area contributed by atoms with Gasteiger partial charge in [0.1, 0.15) is 11.5 Å². The quantitative estimate of drug-likeness (QED) is 0.297. The number of morpholine rings is 1. The molecule has 166 valence electrons. The number of fused-ring (bicyclic) bond motifs is 2. The van der Waals surface area contributed by atoms with Crippen LogP contribution in [0.4, 0.5) is 5.82 Å². The Morgan fingerprint density at radius 2 is 2.09 bits per heavy atom. The van der Waals surface area contributed by atoms with Crippen molar-refractivity contribution in [3.63, 3.8) is 0 Å². The number of ether oxygens (including phenoxy) is 1. The maximum atomic E-state index is 11.9. The maximum Gasteiger partial charge on any atom is 0.198 e. The molecule has 5 rings (SSSR count). The number of H-pyrrole nitrogens is 1. The molecule has 1 aliphatic rings. The second kappa shape index (κ2) is 9.53. The molecule has 0 aliphatic carbocycles. The fraction of sp³-hybridized carbons (Fsp3) is 0.364. The number of anilines is 1. The minimum atomic E-state index is 0.604. The third-order valence-electron chi connectivity index (χ3n) is 5.50. The summed E-state index contributed by atoms with van der Waals surface area (Å²) in [5.74, 6) is 0.685. The molecule has 2 N–H and O–H groups in total. The van der Waals surface area contributed by atoms with Gasteiger partial charge < -0.3 is 15.0 Å². The first-order valence-electron chi connectivity index (χ1n) is 10.7. The van der Waals surface area contributed by atoms with Gasteiger partial charge in [-0.25, -0.2) is 15.0 Å². The van der Waals surface area contributed by atoms with E-state index >= 15 is 0 Å². The highest BCUT2D eigenvalue weighted by Gasteiger charge is 2.19. The van der Waals surface area contributed by atoms with Crippen molar-refractivity contribution in [3.05, 3.63) is 35.5 Å². The largest absolute Gasteiger partial charge is 0.379 e. The number of carbonyl (C=O) groups excluding carboxylic acids is 1. The van der Waals surface area contributed by atoms with Crippen LogP contribution in [0.15, 0.2) is 33.8 Å². The number of hydrogen-bond acceptors (Lipinski definition) is 9. The first-order valence-corrected chi connectivity index (χ1v) is 12.3. The van der Waals surface area contributed by atoms with Gasteiger partial charge in [0.2, 0.25) is 0 Å². The number of carbonyl (C=O) groups is 1. The number of aromatic nitrogens is 4. The molecule has 0 spiro atoms. The molecule has 0 amide bonds. The van der Waals surface area contributed by atoms with Gasteiger partial charge in [-0.05, 0) is 30.3 Å². The number of aldehydes is 1. The van der Waals surface area contributed by atoms with Crippen LogP contribution >= 0.6 is 23.1 Å². The molecule has 4 aromatic rings. The Morgan fingerprint density at radius 1 is 1.25 bits per heavy atom. The Labute approximate surface area is 193 Å². The second-order valence-electron chi connectivity index (χ2n) is 7.50. The number of aryl methyl sites for hydroxylation is 1. The van der Waals surface area contributed by atoms with Crippen LogP contribution in [0.2, 0.25) is 0 Å². The summed E-state index contributed by atoms with van der Waals surface area (Å²) in [7, 11) is 0. The first kappa shape index (κ1) is 21.3. The molecule has 4 heterocycles. The molecular formula is C22H24N6O2S2. The van der Waals surface area contributed by atoms with Crippen molar-refractivity contribution in [2.75, 3.05) is 44.7 Å². The molecule has 3 aromatic heterocycles. The van der Waals surface area contributed by atoms with Crippen LogP contribution in [-0.4, -0.2) is 70.5 Å². The molecule has 32 heavy (non-hydrogen) atoms. The lowest BCUT2D eigenvalue weighted by atomic mass is 10.1. The maximum absolute atomic E-state index is 11.9. The van der Waals surface area contributed by atoms with Crippen molar-refractivity contribution >= 4 is 56.5 Å². The predicted molar refractivity (Wildman–Crippen MR) is 128 cm³/mol. The van der Waals surface area contributed by atoms with E-state index in [0.717, 1.165) is 77.7 Å².